The molecule has 1 aromatic heterocycles. The van der Waals surface area contributed by atoms with Crippen LogP contribution in [0.2, 0.25) is 5.02 Å². The molecule has 3 rings (SSSR count). The Morgan fingerprint density at radius 1 is 1.15 bits per heavy atom. The van der Waals surface area contributed by atoms with Crippen molar-refractivity contribution in [2.24, 2.45) is 5.73 Å². The Morgan fingerprint density at radius 2 is 1.90 bits per heavy atom. The van der Waals surface area contributed by atoms with Gasteiger partial charge in [0.2, 0.25) is 5.91 Å². The molecule has 1 heterocycles. The van der Waals surface area contributed by atoms with Gasteiger partial charge in [-0.15, -0.1) is 0 Å². The van der Waals surface area contributed by atoms with E-state index in [0.29, 0.717) is 24.2 Å². The number of halogens is 2. The van der Waals surface area contributed by atoms with Gasteiger partial charge in [-0.3, -0.25) is 10.1 Å². The lowest BCUT2D eigenvalue weighted by molar-refractivity contribution is -0.123. The van der Waals surface area contributed by atoms with Crippen molar-refractivity contribution in [1.82, 2.24) is 20.5 Å². The van der Waals surface area contributed by atoms with Crippen molar-refractivity contribution >= 4 is 46.2 Å². The number of amides is 4. The van der Waals surface area contributed by atoms with Crippen molar-refractivity contribution in [2.75, 3.05) is 32.1 Å². The Balaban J connectivity index is 1.59. The van der Waals surface area contributed by atoms with Crippen molar-refractivity contribution in [3.05, 3.63) is 71.1 Å². The highest BCUT2D eigenvalue weighted by Gasteiger charge is 2.22. The van der Waals surface area contributed by atoms with Crippen LogP contribution in [-0.4, -0.2) is 71.9 Å². The van der Waals surface area contributed by atoms with E-state index in [0.717, 1.165) is 10.8 Å². The van der Waals surface area contributed by atoms with Crippen LogP contribution < -0.4 is 21.7 Å². The first-order chi connectivity index (χ1) is 19.2. The standard InChI is InChI=1S/C27H32ClFN6O5/c1-35(26(38)33-14-19-8-4-10-21(29)24(19)28)20(9-5-11-31-25(37)22(30)15-36)16-40-27(39)34-23-12-17-6-2-3-7-18(17)13-32-23/h2-4,6-8,10,12-13,20,22,36H,5,9,11,14-16,30H2,1H3,(H,31,37)(H,33,38)(H,32,34,39)/t20-,22-/m0/s1. The zero-order chi connectivity index (χ0) is 29.1. The lowest BCUT2D eigenvalue weighted by Crippen LogP contribution is -2.46. The summed E-state index contributed by atoms with van der Waals surface area (Å²) in [5, 5.41) is 18.6. The minimum atomic E-state index is -1.03. The van der Waals surface area contributed by atoms with Gasteiger partial charge in [0.1, 0.15) is 24.3 Å². The molecule has 214 valence electrons. The Hall–Kier alpha value is -4.00. The van der Waals surface area contributed by atoms with Crippen LogP contribution in [0.15, 0.2) is 54.7 Å². The number of aliphatic hydroxyl groups excluding tert-OH is 1. The quantitative estimate of drug-likeness (QED) is 0.208. The van der Waals surface area contributed by atoms with E-state index in [4.69, 9.17) is 27.2 Å². The maximum absolute atomic E-state index is 13.7. The van der Waals surface area contributed by atoms with Gasteiger partial charge < -0.3 is 31.1 Å². The Morgan fingerprint density at radius 3 is 2.65 bits per heavy atom. The van der Waals surface area contributed by atoms with Crippen LogP contribution in [0.5, 0.6) is 0 Å². The van der Waals surface area contributed by atoms with Gasteiger partial charge in [0.05, 0.1) is 17.7 Å². The number of anilines is 1. The van der Waals surface area contributed by atoms with Crippen molar-refractivity contribution < 1.29 is 28.6 Å². The number of benzene rings is 2. The summed E-state index contributed by atoms with van der Waals surface area (Å²) in [4.78, 5) is 42.8. The lowest BCUT2D eigenvalue weighted by Gasteiger charge is -2.28. The third-order valence-electron chi connectivity index (χ3n) is 6.14. The smallest absolute Gasteiger partial charge is 0.412 e. The molecule has 0 bridgehead atoms. The Labute approximate surface area is 235 Å². The number of urea groups is 1. The Kier molecular flexibility index (Phi) is 11.4. The number of aliphatic hydroxyl groups is 1. The number of pyridine rings is 1. The van der Waals surface area contributed by atoms with Crippen molar-refractivity contribution in [3.63, 3.8) is 0 Å². The molecule has 0 spiro atoms. The fraction of sp³-hybridized carbons (Fsp3) is 0.333. The molecule has 0 radical (unpaired) electrons. The van der Waals surface area contributed by atoms with Crippen LogP contribution >= 0.6 is 11.6 Å². The van der Waals surface area contributed by atoms with E-state index in [1.807, 2.05) is 24.3 Å². The highest BCUT2D eigenvalue weighted by Crippen LogP contribution is 2.20. The number of hydrogen-bond acceptors (Lipinski definition) is 7. The van der Waals surface area contributed by atoms with Crippen LogP contribution in [0.4, 0.5) is 19.8 Å². The van der Waals surface area contributed by atoms with Crippen LogP contribution in [-0.2, 0) is 16.1 Å². The predicted molar refractivity (Wildman–Crippen MR) is 149 cm³/mol. The van der Waals surface area contributed by atoms with E-state index in [1.165, 1.54) is 24.1 Å². The fourth-order valence-electron chi connectivity index (χ4n) is 3.76. The SMILES string of the molecule is CN(C(=O)NCc1cccc(F)c1Cl)[C@@H](CCCNC(=O)[C@@H](N)CO)COC(=O)Nc1cc2ccccc2cn1. The predicted octanol–water partition coefficient (Wildman–Crippen LogP) is 3.00. The largest absolute Gasteiger partial charge is 0.447 e. The number of rotatable bonds is 12. The third-order valence-corrected chi connectivity index (χ3v) is 6.57. The molecule has 0 saturated heterocycles. The molecule has 40 heavy (non-hydrogen) atoms. The minimum Gasteiger partial charge on any atom is -0.447 e. The average Bonchev–Trinajstić information content (AvgIpc) is 2.96. The van der Waals surface area contributed by atoms with Crippen LogP contribution in [0.1, 0.15) is 18.4 Å². The fourth-order valence-corrected chi connectivity index (χ4v) is 3.96. The van der Waals surface area contributed by atoms with Gasteiger partial charge >= 0.3 is 12.1 Å². The van der Waals surface area contributed by atoms with Gasteiger partial charge in [0, 0.05) is 31.7 Å². The second kappa shape index (κ2) is 15.0. The Bertz CT molecular complexity index is 1330. The molecule has 13 heteroatoms. The molecule has 11 nitrogen and oxygen atoms in total. The lowest BCUT2D eigenvalue weighted by atomic mass is 10.1. The van der Waals surface area contributed by atoms with Gasteiger partial charge in [-0.05, 0) is 35.9 Å². The molecular formula is C27H32ClFN6O5. The second-order valence-electron chi connectivity index (χ2n) is 9.00. The molecule has 0 aliphatic carbocycles. The van der Waals surface area contributed by atoms with Gasteiger partial charge in [-0.2, -0.15) is 0 Å². The van der Waals surface area contributed by atoms with E-state index in [9.17, 15) is 18.8 Å². The molecule has 6 N–H and O–H groups in total. The van der Waals surface area contributed by atoms with E-state index in [-0.39, 0.29) is 24.7 Å². The van der Waals surface area contributed by atoms with Crippen molar-refractivity contribution in [2.45, 2.75) is 31.5 Å². The summed E-state index contributed by atoms with van der Waals surface area (Å²) in [6.07, 6.45) is 1.64. The number of ether oxygens (including phenoxy) is 1. The summed E-state index contributed by atoms with van der Waals surface area (Å²) in [5.41, 5.74) is 5.90. The summed E-state index contributed by atoms with van der Waals surface area (Å²) in [5.74, 6) is -0.792. The van der Waals surface area contributed by atoms with Crippen molar-refractivity contribution in [1.29, 1.82) is 0 Å². The van der Waals surface area contributed by atoms with Crippen LogP contribution in [0.25, 0.3) is 10.8 Å². The van der Waals surface area contributed by atoms with E-state index >= 15 is 0 Å². The highest BCUT2D eigenvalue weighted by atomic mass is 35.5. The van der Waals surface area contributed by atoms with Gasteiger partial charge in [-0.1, -0.05) is 48.0 Å². The molecular weight excluding hydrogens is 543 g/mol. The number of carbonyl (C=O) groups excluding carboxylic acids is 3. The topological polar surface area (TPSA) is 159 Å². The van der Waals surface area contributed by atoms with Gasteiger partial charge in [0.25, 0.3) is 0 Å². The number of hydrogen-bond donors (Lipinski definition) is 5. The second-order valence-corrected chi connectivity index (χ2v) is 9.38. The van der Waals surface area contributed by atoms with E-state index in [1.54, 1.807) is 18.3 Å². The molecule has 0 aliphatic heterocycles. The zero-order valence-electron chi connectivity index (χ0n) is 21.9. The first-order valence-electron chi connectivity index (χ1n) is 12.6. The highest BCUT2D eigenvalue weighted by molar-refractivity contribution is 6.31. The molecule has 3 aromatic rings. The molecule has 2 aromatic carbocycles. The van der Waals surface area contributed by atoms with Crippen LogP contribution in [0.3, 0.4) is 0 Å². The summed E-state index contributed by atoms with van der Waals surface area (Å²) in [6, 6.07) is 11.4. The van der Waals surface area contributed by atoms with Gasteiger partial charge in [0.15, 0.2) is 0 Å². The number of nitrogens with one attached hydrogen (secondary N) is 3. The van der Waals surface area contributed by atoms with Crippen molar-refractivity contribution in [3.8, 4) is 0 Å². The molecule has 0 unspecified atom stereocenters. The minimum absolute atomic E-state index is 0.0173. The molecule has 0 saturated carbocycles. The summed E-state index contributed by atoms with van der Waals surface area (Å²) >= 11 is 5.98. The summed E-state index contributed by atoms with van der Waals surface area (Å²) in [6.45, 7) is -0.433. The number of aromatic nitrogens is 1. The number of likely N-dealkylation sites (N-methyl/N-ethyl adjacent to an activating group) is 1. The summed E-state index contributed by atoms with van der Waals surface area (Å²) < 4.78 is 19.1. The number of fused-ring (bicyclic) bond motifs is 1. The number of nitrogens with two attached hydrogens (primary N) is 1. The maximum atomic E-state index is 13.7. The summed E-state index contributed by atoms with van der Waals surface area (Å²) in [7, 11) is 1.53. The van der Waals surface area contributed by atoms with E-state index < -0.39 is 42.5 Å². The first-order valence-corrected chi connectivity index (χ1v) is 12.9. The average molecular weight is 575 g/mol. The van der Waals surface area contributed by atoms with Gasteiger partial charge in [-0.25, -0.2) is 19.0 Å². The van der Waals surface area contributed by atoms with Crippen LogP contribution in [0, 0.1) is 5.82 Å². The van der Waals surface area contributed by atoms with E-state index in [2.05, 4.69) is 20.9 Å². The monoisotopic (exact) mass is 574 g/mol. The third kappa shape index (κ3) is 8.76. The first kappa shape index (κ1) is 30.5. The normalized spacial score (nSPS) is 12.3. The molecule has 0 aliphatic rings. The number of nitrogens with zero attached hydrogens (tertiary/aromatic N) is 2. The number of carbonyl (C=O) groups is 3. The molecule has 2 atom stereocenters. The maximum Gasteiger partial charge on any atom is 0.412 e. The zero-order valence-corrected chi connectivity index (χ0v) is 22.7. The molecule has 0 fully saturated rings. The molecule has 4 amide bonds.